The van der Waals surface area contributed by atoms with Crippen LogP contribution in [-0.4, -0.2) is 14.3 Å². The lowest BCUT2D eigenvalue weighted by Gasteiger charge is -1.86. The molecule has 0 atom stereocenters. The molecule has 2 aromatic rings. The summed E-state index contributed by atoms with van der Waals surface area (Å²) in [5.74, 6) is 0. The van der Waals surface area contributed by atoms with Crippen LogP contribution in [0.2, 0.25) is 0 Å². The molecular formula is C6H3ClIN3. The maximum atomic E-state index is 5.74. The van der Waals surface area contributed by atoms with Crippen LogP contribution in [-0.2, 0) is 0 Å². The van der Waals surface area contributed by atoms with Crippen LogP contribution in [0.25, 0.3) is 11.0 Å². The van der Waals surface area contributed by atoms with Gasteiger partial charge in [-0.15, -0.1) is 5.10 Å². The zero-order chi connectivity index (χ0) is 7.84. The van der Waals surface area contributed by atoms with Crippen molar-refractivity contribution in [1.29, 1.82) is 0 Å². The zero-order valence-electron chi connectivity index (χ0n) is 5.33. The van der Waals surface area contributed by atoms with Gasteiger partial charge in [-0.3, -0.25) is 4.98 Å². The van der Waals surface area contributed by atoms with Crippen LogP contribution in [0.4, 0.5) is 0 Å². The quantitative estimate of drug-likeness (QED) is 0.691. The minimum atomic E-state index is 0.827. The molecule has 2 heterocycles. The summed E-state index contributed by atoms with van der Waals surface area (Å²) in [4.78, 5) is 4.13. The standard InChI is InChI=1S/C6H3ClIN3/c7-11-4-2-1-3-9-5(4)6(8)10-11/h1-3H. The Morgan fingerprint density at radius 1 is 1.55 bits per heavy atom. The average molecular weight is 279 g/mol. The number of aromatic nitrogens is 3. The molecule has 2 rings (SSSR count). The third kappa shape index (κ3) is 1.10. The Balaban J connectivity index is 2.95. The van der Waals surface area contributed by atoms with Crippen molar-refractivity contribution < 1.29 is 0 Å². The molecule has 0 aliphatic heterocycles. The molecule has 0 saturated carbocycles. The Labute approximate surface area is 81.6 Å². The molecule has 0 aliphatic carbocycles. The molecule has 5 heteroatoms. The number of rotatable bonds is 0. The summed E-state index contributed by atoms with van der Waals surface area (Å²) in [6, 6.07) is 3.71. The van der Waals surface area contributed by atoms with Crippen molar-refractivity contribution in [3.63, 3.8) is 0 Å². The summed E-state index contributed by atoms with van der Waals surface area (Å²) < 4.78 is 2.14. The summed E-state index contributed by atoms with van der Waals surface area (Å²) in [5.41, 5.74) is 1.70. The van der Waals surface area contributed by atoms with Crippen LogP contribution in [0.1, 0.15) is 0 Å². The number of nitrogens with zero attached hydrogens (tertiary/aromatic N) is 3. The fourth-order valence-electron chi connectivity index (χ4n) is 0.883. The summed E-state index contributed by atoms with van der Waals surface area (Å²) in [6.07, 6.45) is 1.73. The van der Waals surface area contributed by atoms with E-state index in [1.807, 2.05) is 12.1 Å². The largest absolute Gasteiger partial charge is 0.252 e. The molecule has 0 aliphatic rings. The van der Waals surface area contributed by atoms with Gasteiger partial charge in [-0.1, -0.05) is 0 Å². The molecule has 0 fully saturated rings. The Bertz CT molecular complexity index is 362. The van der Waals surface area contributed by atoms with E-state index in [2.05, 4.69) is 32.7 Å². The van der Waals surface area contributed by atoms with E-state index in [1.165, 1.54) is 4.20 Å². The SMILES string of the molecule is Cln1nc(I)c2ncccc21. The third-order valence-corrected chi connectivity index (χ3v) is 2.34. The van der Waals surface area contributed by atoms with Crippen molar-refractivity contribution in [2.75, 3.05) is 0 Å². The van der Waals surface area contributed by atoms with E-state index < -0.39 is 0 Å². The van der Waals surface area contributed by atoms with Crippen LogP contribution < -0.4 is 0 Å². The van der Waals surface area contributed by atoms with Crippen molar-refractivity contribution in [2.24, 2.45) is 0 Å². The van der Waals surface area contributed by atoms with Gasteiger partial charge in [0.1, 0.15) is 11.0 Å². The molecule has 56 valence electrons. The van der Waals surface area contributed by atoms with Gasteiger partial charge in [0.15, 0.2) is 3.70 Å². The first-order chi connectivity index (χ1) is 5.29. The van der Waals surface area contributed by atoms with Gasteiger partial charge in [-0.25, -0.2) is 0 Å². The molecular weight excluding hydrogens is 276 g/mol. The Morgan fingerprint density at radius 3 is 3.09 bits per heavy atom. The average Bonchev–Trinajstić information content (AvgIpc) is 2.30. The van der Waals surface area contributed by atoms with Crippen molar-refractivity contribution in [2.45, 2.75) is 0 Å². The lowest BCUT2D eigenvalue weighted by Crippen LogP contribution is -1.80. The second-order valence-electron chi connectivity index (χ2n) is 2.02. The summed E-state index contributed by atoms with van der Waals surface area (Å²) in [7, 11) is 0. The lowest BCUT2D eigenvalue weighted by molar-refractivity contribution is 1.00. The molecule has 0 saturated heterocycles. The van der Waals surface area contributed by atoms with E-state index in [1.54, 1.807) is 6.20 Å². The zero-order valence-corrected chi connectivity index (χ0v) is 8.24. The van der Waals surface area contributed by atoms with Gasteiger partial charge in [0.25, 0.3) is 0 Å². The highest BCUT2D eigenvalue weighted by atomic mass is 127. The Hall–Kier alpha value is -0.360. The van der Waals surface area contributed by atoms with Gasteiger partial charge >= 0.3 is 0 Å². The van der Waals surface area contributed by atoms with Crippen molar-refractivity contribution in [3.8, 4) is 0 Å². The smallest absolute Gasteiger partial charge is 0.151 e. The van der Waals surface area contributed by atoms with E-state index in [9.17, 15) is 0 Å². The number of halogens is 2. The summed E-state index contributed by atoms with van der Waals surface area (Å²) in [6.45, 7) is 0. The maximum absolute atomic E-state index is 5.74. The highest BCUT2D eigenvalue weighted by molar-refractivity contribution is 14.1. The van der Waals surface area contributed by atoms with Crippen molar-refractivity contribution in [1.82, 2.24) is 14.3 Å². The minimum absolute atomic E-state index is 0.827. The predicted octanol–water partition coefficient (Wildman–Crippen LogP) is 2.04. The van der Waals surface area contributed by atoms with Gasteiger partial charge < -0.3 is 0 Å². The normalized spacial score (nSPS) is 10.7. The van der Waals surface area contributed by atoms with Crippen LogP contribution in [0.3, 0.4) is 0 Å². The van der Waals surface area contributed by atoms with Crippen LogP contribution in [0.15, 0.2) is 18.3 Å². The number of hydrogen-bond acceptors (Lipinski definition) is 2. The molecule has 0 N–H and O–H groups in total. The Kier molecular flexibility index (Phi) is 1.72. The molecule has 0 amide bonds. The highest BCUT2D eigenvalue weighted by Crippen LogP contribution is 2.17. The fraction of sp³-hybridized carbons (Fsp3) is 0. The van der Waals surface area contributed by atoms with Crippen LogP contribution >= 0.6 is 34.4 Å². The summed E-state index contributed by atoms with van der Waals surface area (Å²) >= 11 is 7.84. The van der Waals surface area contributed by atoms with Gasteiger partial charge in [-0.2, -0.15) is 4.20 Å². The third-order valence-electron chi connectivity index (χ3n) is 1.36. The first-order valence-electron chi connectivity index (χ1n) is 2.94. The molecule has 3 nitrogen and oxygen atoms in total. The maximum Gasteiger partial charge on any atom is 0.151 e. The minimum Gasteiger partial charge on any atom is -0.252 e. The monoisotopic (exact) mass is 279 g/mol. The Morgan fingerprint density at radius 2 is 2.36 bits per heavy atom. The number of pyridine rings is 1. The highest BCUT2D eigenvalue weighted by Gasteiger charge is 2.05. The van der Waals surface area contributed by atoms with Crippen LogP contribution in [0, 0.1) is 3.70 Å². The van der Waals surface area contributed by atoms with Gasteiger partial charge in [0.2, 0.25) is 0 Å². The van der Waals surface area contributed by atoms with Gasteiger partial charge in [-0.05, 0) is 34.7 Å². The topological polar surface area (TPSA) is 30.7 Å². The second-order valence-corrected chi connectivity index (χ2v) is 3.36. The first-order valence-corrected chi connectivity index (χ1v) is 4.36. The first kappa shape index (κ1) is 7.30. The molecule has 2 aromatic heterocycles. The summed E-state index contributed by atoms with van der Waals surface area (Å²) in [5, 5.41) is 4.00. The lowest BCUT2D eigenvalue weighted by atomic mass is 10.4. The van der Waals surface area contributed by atoms with E-state index >= 15 is 0 Å². The van der Waals surface area contributed by atoms with Crippen molar-refractivity contribution in [3.05, 3.63) is 22.0 Å². The van der Waals surface area contributed by atoms with E-state index in [-0.39, 0.29) is 0 Å². The van der Waals surface area contributed by atoms with Gasteiger partial charge in [0, 0.05) is 18.0 Å². The number of hydrogen-bond donors (Lipinski definition) is 0. The molecule has 0 aromatic carbocycles. The van der Waals surface area contributed by atoms with E-state index in [0.717, 1.165) is 14.7 Å². The molecule has 11 heavy (non-hydrogen) atoms. The molecule has 0 unspecified atom stereocenters. The number of fused-ring (bicyclic) bond motifs is 1. The fourth-order valence-corrected chi connectivity index (χ4v) is 1.85. The van der Waals surface area contributed by atoms with Gasteiger partial charge in [0.05, 0.1) is 0 Å². The molecule has 0 radical (unpaired) electrons. The van der Waals surface area contributed by atoms with Crippen molar-refractivity contribution >= 4 is 45.4 Å². The predicted molar refractivity (Wildman–Crippen MR) is 51.5 cm³/mol. The second kappa shape index (κ2) is 2.60. The molecule has 0 spiro atoms. The molecule has 0 bridgehead atoms. The van der Waals surface area contributed by atoms with E-state index in [4.69, 9.17) is 11.8 Å². The van der Waals surface area contributed by atoms with E-state index in [0.29, 0.717) is 0 Å². The van der Waals surface area contributed by atoms with Crippen LogP contribution in [0.5, 0.6) is 0 Å².